The van der Waals surface area contributed by atoms with Gasteiger partial charge in [-0.05, 0) is 62.4 Å². The van der Waals surface area contributed by atoms with Crippen molar-refractivity contribution in [2.45, 2.75) is 175 Å². The predicted molar refractivity (Wildman–Crippen MR) is 486 cm³/mol. The van der Waals surface area contributed by atoms with Crippen LogP contribution in [0.4, 0.5) is 24.0 Å². The Morgan fingerprint density at radius 2 is 1.06 bits per heavy atom. The van der Waals surface area contributed by atoms with Crippen molar-refractivity contribution in [3.63, 3.8) is 0 Å². The van der Waals surface area contributed by atoms with Gasteiger partial charge in [0.2, 0.25) is 57.9 Å². The largest absolute Gasteiger partial charge is 0.508 e. The first kappa shape index (κ1) is 106. The van der Waals surface area contributed by atoms with Crippen molar-refractivity contribution in [3.05, 3.63) is 182 Å². The SMILES string of the molecule is C#CCC(NC(=O)OC(CCCOC(=O)NCC(=O)NCC1OC(N2C=CC(=O)NC2=C)C(O)C1O)c1ccccc1)C(=O)NCC1(C)N=N1.C#CCC(NC(=O)OC(c1ccccc1)C(CCOC(=O)NCC(=O)NCC1OC(n2ccc(=O)[nH]c2=O)C(O)C1O)NC(=O)CC)C(=O)NCC1(C)N=N1.C#CCC(NC(=O)Oc1ccc(-c2coc3cc(O)cc(O)c3c2=O)cc1)C(=O)NCC1(C)N=N1. The van der Waals surface area contributed by atoms with Gasteiger partial charge in [-0.3, -0.25) is 52.7 Å². The second-order valence-electron chi connectivity index (χ2n) is 32.3. The van der Waals surface area contributed by atoms with Crippen molar-refractivity contribution in [1.29, 1.82) is 0 Å². The van der Waals surface area contributed by atoms with Crippen molar-refractivity contribution >= 4 is 82.8 Å². The second-order valence-corrected chi connectivity index (χ2v) is 32.3. The van der Waals surface area contributed by atoms with Crippen LogP contribution in [0.3, 0.4) is 0 Å². The smallest absolute Gasteiger partial charge is 0.413 e. The standard InChI is InChI=1S/C34H43N9O12.C32H40N8O10.C24H20N4O7/c1-4-9-21(29(49)37-18-34(3)41-42-34)39-33(52)55-28(19-10-7-6-8-11-19)20(38-23(44)5-2)13-15-53-32(51)36-17-25(46)35-16-22-26(47)27(48)30(54-22)43-14-12-24(45)40-31(43)50;1-4-9-21(28(45)35-18-32(3)38-39-32)37-31(47)50-22(20-10-6-5-7-11-20)12-8-15-48-30(46)34-17-25(42)33-16-23-26(43)27(44)29(49-23)40-14-13-24(41)36-19(40)2;1-3-4-17(22(32)25-12-24(2)27-28-24)26-23(33)35-15-7-5-13(6-8-15)16-11-34-19-10-14(29)9-18(30)20(19)21(16)31/h1,6-8,10-12,14,20-22,26-28,30,47-48H,5,9,13,15-18H2,2-3H3,(H,35,46)(H,36,51)(H,37,49)(H,38,44)(H,39,52)(H,40,45,50);1,5-7,10-11,13-14,21-23,26-27,29,43-44H,2,8-9,12,15-18H2,3H3,(H,33,42)(H,34,46)(H,35,45)(H,36,41)(H,37,47);1,5-11,17,29-30H,4,12H2,2H3,(H,25,32)(H,26,33). The van der Waals surface area contributed by atoms with Crippen LogP contribution in [0.5, 0.6) is 17.2 Å². The first-order valence-corrected chi connectivity index (χ1v) is 43.3. The van der Waals surface area contributed by atoms with Crippen molar-refractivity contribution in [2.75, 3.05) is 59.0 Å². The van der Waals surface area contributed by atoms with E-state index in [9.17, 15) is 103 Å². The van der Waals surface area contributed by atoms with Gasteiger partial charge < -0.3 is 137 Å². The summed E-state index contributed by atoms with van der Waals surface area (Å²) < 4.78 is 44.5. The molecule has 0 spiro atoms. The number of ether oxygens (including phenoxy) is 7. The quantitative estimate of drug-likeness (QED) is 0.0143. The Morgan fingerprint density at radius 3 is 1.56 bits per heavy atom. The lowest BCUT2D eigenvalue weighted by atomic mass is 9.99. The van der Waals surface area contributed by atoms with E-state index in [-0.39, 0.29) is 125 Å². The van der Waals surface area contributed by atoms with Gasteiger partial charge in [-0.25, -0.2) is 28.8 Å². The van der Waals surface area contributed by atoms with E-state index < -0.39 is 210 Å². The summed E-state index contributed by atoms with van der Waals surface area (Å²) in [4.78, 5) is 189. The van der Waals surface area contributed by atoms with Gasteiger partial charge in [0, 0.05) is 81.9 Å². The Morgan fingerprint density at radius 1 is 0.564 bits per heavy atom. The zero-order valence-electron chi connectivity index (χ0n) is 75.6. The fourth-order valence-electron chi connectivity index (χ4n) is 13.5. The Labute approximate surface area is 796 Å². The molecule has 2 fully saturated rings. The number of terminal acetylenes is 3. The number of nitrogens with zero attached hydrogens (tertiary/aromatic N) is 8. The molecule has 14 unspecified atom stereocenters. The van der Waals surface area contributed by atoms with E-state index in [0.717, 1.165) is 22.9 Å². The van der Waals surface area contributed by atoms with Gasteiger partial charge in [0.25, 0.3) is 11.5 Å². The summed E-state index contributed by atoms with van der Waals surface area (Å²) in [5.41, 5.74) is -2.30. The number of phenolic OH excluding ortho intramolecular Hbond substituents is 2. The average Bonchev–Trinajstić information content (AvgIpc) is 1.72. The molecule has 14 atom stereocenters. The summed E-state index contributed by atoms with van der Waals surface area (Å²) >= 11 is 0. The fourth-order valence-corrected chi connectivity index (χ4v) is 13.5. The van der Waals surface area contributed by atoms with Crippen LogP contribution in [0.15, 0.2) is 190 Å². The number of alkyl carbamates (subject to hydrolysis) is 4. The number of phenols is 2. The molecule has 0 saturated carbocycles. The molecule has 6 aliphatic rings. The number of aromatic nitrogens is 2. The highest BCUT2D eigenvalue weighted by Crippen LogP contribution is 2.35. The molecule has 4 aromatic carbocycles. The highest BCUT2D eigenvalue weighted by atomic mass is 16.6. The molecular formula is C90H103N21O29. The molecule has 0 bridgehead atoms. The van der Waals surface area contributed by atoms with Crippen LogP contribution in [0.1, 0.15) is 102 Å². The third-order valence-electron chi connectivity index (χ3n) is 21.3. The third-order valence-corrected chi connectivity index (χ3v) is 21.3. The number of nitrogens with one attached hydrogen (secondary N) is 13. The maximum Gasteiger partial charge on any atom is 0.413 e. The highest BCUT2D eigenvalue weighted by Gasteiger charge is 2.48. The summed E-state index contributed by atoms with van der Waals surface area (Å²) in [5.74, 6) is 2.97. The third kappa shape index (κ3) is 31.3. The number of fused-ring (bicyclic) bond motifs is 1. The topological polar surface area (TPSA) is 698 Å². The molecule has 0 aliphatic carbocycles. The number of hydrogen-bond donors (Lipinski definition) is 19. The normalized spacial score (nSPS) is 19.8. The van der Waals surface area contributed by atoms with Crippen LogP contribution < -0.4 is 85.2 Å². The number of carbonyl (C=O) groups excluding carboxylic acids is 12. The lowest BCUT2D eigenvalue weighted by molar-refractivity contribution is -0.124. The Kier molecular flexibility index (Phi) is 37.2. The molecule has 140 heavy (non-hydrogen) atoms. The van der Waals surface area contributed by atoms with E-state index in [1.807, 2.05) is 4.98 Å². The summed E-state index contributed by atoms with van der Waals surface area (Å²) in [5, 5.41) is 114. The molecule has 50 nitrogen and oxygen atoms in total. The number of hydrogen-bond acceptors (Lipinski definition) is 36. The Hall–Kier alpha value is -16.5. The lowest BCUT2D eigenvalue weighted by Crippen LogP contribution is -2.49. The van der Waals surface area contributed by atoms with Crippen LogP contribution >= 0.6 is 0 Å². The fraction of sp³-hybridized carbons (Fsp3) is 0.411. The molecular weight excluding hydrogens is 1840 g/mol. The van der Waals surface area contributed by atoms with Gasteiger partial charge in [0.1, 0.15) is 107 Å². The number of amides is 12. The van der Waals surface area contributed by atoms with Crippen LogP contribution in [-0.2, 0) is 62.0 Å². The molecule has 0 radical (unpaired) electrons. The van der Waals surface area contributed by atoms with E-state index in [0.29, 0.717) is 16.7 Å². The summed E-state index contributed by atoms with van der Waals surface area (Å²) in [6, 6.07) is 22.4. The maximum atomic E-state index is 13.2. The number of benzene rings is 4. The molecule has 2 aromatic heterocycles. The number of aromatic amines is 1. The number of H-pyrrole nitrogens is 1. The van der Waals surface area contributed by atoms with Crippen molar-refractivity contribution in [3.8, 4) is 65.4 Å². The minimum atomic E-state index is -1.56. The van der Waals surface area contributed by atoms with Gasteiger partial charge in [0.05, 0.1) is 57.5 Å². The van der Waals surface area contributed by atoms with E-state index in [2.05, 4.69) is 119 Å². The summed E-state index contributed by atoms with van der Waals surface area (Å²) in [6.07, 6.45) is 4.43. The number of aliphatic hydroxyl groups is 4. The molecule has 8 heterocycles. The molecule has 50 heteroatoms. The van der Waals surface area contributed by atoms with Crippen LogP contribution in [0.25, 0.3) is 22.1 Å². The number of aliphatic hydroxyl groups excluding tert-OH is 4. The monoisotopic (exact) mass is 1940 g/mol. The van der Waals surface area contributed by atoms with E-state index >= 15 is 0 Å². The van der Waals surface area contributed by atoms with Gasteiger partial charge in [-0.15, -0.1) is 37.0 Å². The maximum absolute atomic E-state index is 13.2. The first-order chi connectivity index (χ1) is 66.8. The summed E-state index contributed by atoms with van der Waals surface area (Å²) in [6.45, 7) is 9.06. The van der Waals surface area contributed by atoms with E-state index in [1.165, 1.54) is 53.8 Å². The minimum Gasteiger partial charge on any atom is -0.508 e. The Bertz CT molecular complexity index is 5960. The minimum absolute atomic E-state index is 0.0356. The molecule has 19 N–H and O–H groups in total. The summed E-state index contributed by atoms with van der Waals surface area (Å²) in [7, 11) is 0. The molecule has 742 valence electrons. The van der Waals surface area contributed by atoms with Crippen LogP contribution in [-0.4, -0.2) is 260 Å². The number of carbonyl (C=O) groups is 12. The van der Waals surface area contributed by atoms with E-state index in [1.54, 1.807) is 88.4 Å². The zero-order chi connectivity index (χ0) is 102. The molecule has 12 rings (SSSR count). The molecule has 6 aromatic rings. The van der Waals surface area contributed by atoms with Gasteiger partial charge in [-0.1, -0.05) is 86.3 Å². The van der Waals surface area contributed by atoms with Crippen molar-refractivity contribution in [1.82, 2.24) is 78.3 Å². The first-order valence-electron chi connectivity index (χ1n) is 43.3. The zero-order valence-corrected chi connectivity index (χ0v) is 75.6. The molecule has 2 saturated heterocycles. The highest BCUT2D eigenvalue weighted by molar-refractivity contribution is 5.91. The van der Waals surface area contributed by atoms with E-state index in [4.69, 9.17) is 56.8 Å². The number of rotatable bonds is 41. The predicted octanol–water partition coefficient (Wildman–Crippen LogP) is 0.720. The number of aromatic hydroxyl groups is 2. The van der Waals surface area contributed by atoms with Crippen LogP contribution in [0.2, 0.25) is 0 Å². The second kappa shape index (κ2) is 49.3. The van der Waals surface area contributed by atoms with Crippen molar-refractivity contribution < 1.29 is 126 Å². The average molecular weight is 1940 g/mol. The Balaban J connectivity index is 0.000000221. The lowest BCUT2D eigenvalue weighted by Gasteiger charge is -2.32. The van der Waals surface area contributed by atoms with Gasteiger partial charge in [-0.2, -0.15) is 30.7 Å². The van der Waals surface area contributed by atoms with Crippen molar-refractivity contribution in [2.24, 2.45) is 30.7 Å². The molecule has 12 amide bonds. The van der Waals surface area contributed by atoms with Gasteiger partial charge >= 0.3 is 36.2 Å². The van der Waals surface area contributed by atoms with Crippen LogP contribution in [0, 0.1) is 37.0 Å². The molecule has 6 aliphatic heterocycles. The van der Waals surface area contributed by atoms with Gasteiger partial charge in [0.15, 0.2) is 12.5 Å².